The second kappa shape index (κ2) is 27.6. The number of ether oxygens (including phenoxy) is 3. The lowest BCUT2D eigenvalue weighted by Crippen LogP contribution is -2.24. The van der Waals surface area contributed by atoms with Crippen LogP contribution >= 0.6 is 21.4 Å². The van der Waals surface area contributed by atoms with Gasteiger partial charge in [-0.25, -0.2) is 14.4 Å². The lowest BCUT2D eigenvalue weighted by Gasteiger charge is -2.23. The summed E-state index contributed by atoms with van der Waals surface area (Å²) in [7, 11) is -12.0. The van der Waals surface area contributed by atoms with Crippen molar-refractivity contribution in [2.24, 2.45) is 0 Å². The van der Waals surface area contributed by atoms with Gasteiger partial charge in [0, 0.05) is 48.5 Å². The van der Waals surface area contributed by atoms with Gasteiger partial charge < -0.3 is 27.9 Å². The summed E-state index contributed by atoms with van der Waals surface area (Å²) >= 11 is 0. The molecular weight excluding hydrogens is 1220 g/mol. The fraction of sp³-hybridized carbons (Fsp3) is 0.154. The van der Waals surface area contributed by atoms with Crippen LogP contribution in [-0.2, 0) is 47.7 Å². The second-order valence-corrected chi connectivity index (χ2v) is 31.2. The molecule has 0 unspecified atom stereocenters. The van der Waals surface area contributed by atoms with Crippen LogP contribution in [0.4, 0.5) is 0 Å². The van der Waals surface area contributed by atoms with Gasteiger partial charge in [0.25, 0.3) is 0 Å². The molecule has 0 heterocycles. The lowest BCUT2D eigenvalue weighted by atomic mass is 9.94. The third kappa shape index (κ3) is 12.6. The maximum absolute atomic E-state index is 15.5. The molecule has 0 fully saturated rings. The first-order valence-corrected chi connectivity index (χ1v) is 35.4. The van der Waals surface area contributed by atoms with Gasteiger partial charge in [0.2, 0.25) is 38.0 Å². The van der Waals surface area contributed by atoms with Crippen LogP contribution in [0.2, 0.25) is 0 Å². The summed E-state index contributed by atoms with van der Waals surface area (Å²) in [6.45, 7) is 14.4. The van der Waals surface area contributed by atoms with Crippen molar-refractivity contribution in [1.29, 1.82) is 0 Å². The molecule has 0 aliphatic heterocycles. The molecule has 0 spiro atoms. The monoisotopic (exact) mass is 1290 g/mol. The molecule has 93 heavy (non-hydrogen) atoms. The maximum atomic E-state index is 15.5. The van der Waals surface area contributed by atoms with Crippen LogP contribution in [0.1, 0.15) is 129 Å². The van der Waals surface area contributed by atoms with E-state index in [4.69, 9.17) is 14.2 Å². The van der Waals surface area contributed by atoms with Crippen LogP contribution in [0.15, 0.2) is 218 Å². The van der Waals surface area contributed by atoms with E-state index in [9.17, 15) is 9.59 Å². The zero-order chi connectivity index (χ0) is 66.5. The van der Waals surface area contributed by atoms with Gasteiger partial charge in [-0.3, -0.25) is 14.4 Å². The molecule has 0 saturated carbocycles. The lowest BCUT2D eigenvalue weighted by molar-refractivity contribution is 0.0403. The third-order valence-electron chi connectivity index (χ3n) is 17.4. The van der Waals surface area contributed by atoms with Crippen molar-refractivity contribution in [3.63, 3.8) is 0 Å². The van der Waals surface area contributed by atoms with Crippen molar-refractivity contribution in [3.05, 3.63) is 319 Å². The van der Waals surface area contributed by atoms with E-state index >= 15 is 32.9 Å². The highest BCUT2D eigenvalue weighted by atomic mass is 31.2. The Morgan fingerprint density at radius 2 is 0.484 bits per heavy atom. The zero-order valence-electron chi connectivity index (χ0n) is 53.1. The molecule has 0 aromatic heterocycles. The molecule has 0 saturated heterocycles. The highest BCUT2D eigenvalue weighted by Crippen LogP contribution is 2.51. The van der Waals surface area contributed by atoms with Crippen LogP contribution in [0.5, 0.6) is 0 Å². The van der Waals surface area contributed by atoms with Crippen molar-refractivity contribution in [2.75, 3.05) is 0 Å². The minimum absolute atomic E-state index is 0.180. The largest absolute Gasteiger partial charge is 0.457 e. The van der Waals surface area contributed by atoms with Gasteiger partial charge >= 0.3 is 17.9 Å². The molecule has 468 valence electrons. The topological polar surface area (TPSA) is 181 Å². The SMILES string of the molecule is Cc1cc(C)c(C(=O)P(=O)(c2ccccc2)c2ccccc2)c(C)c1COC(=O)c1cccc(C(=O)OCc2c(C)cc(C)c(C(=O)P(=O)(c3ccccc3)c3ccccc3)c2C)c1C(=O)OCc1c(C)cc(C)c(C(=O)P(=O)(c2ccccc2)c2ccccc2)c1C. The molecule has 0 amide bonds. The number of aryl methyl sites for hydroxylation is 6. The summed E-state index contributed by atoms with van der Waals surface area (Å²) in [5.41, 5.74) is 3.64. The summed E-state index contributed by atoms with van der Waals surface area (Å²) in [6.07, 6.45) is 0. The number of carbonyl (C=O) groups is 6. The number of esters is 3. The Morgan fingerprint density at radius 1 is 0.269 bits per heavy atom. The standard InChI is InChI=1S/C78H69O12P3/c1-49-43-52(4)69(76(82)91(85,58-29-16-10-17-30-58)59-31-18-11-19-32-59)55(7)66(49)46-88-73(79)64-41-28-42-65(74(80)89-47-67-50(2)44-53(5)70(56(67)8)77(83)92(86,60-33-20-12-21-34-60)61-35-22-13-23-36-61)72(64)75(81)90-48-68-51(3)45-54(6)71(57(68)9)78(84)93(87,62-37-24-14-25-38-62)63-39-26-15-27-40-63/h10-45H,46-48H2,1-9H3. The van der Waals surface area contributed by atoms with E-state index in [2.05, 4.69) is 0 Å². The Balaban J connectivity index is 1.02. The van der Waals surface area contributed by atoms with Gasteiger partial charge in [-0.1, -0.05) is 206 Å². The van der Waals surface area contributed by atoms with Crippen LogP contribution < -0.4 is 31.8 Å². The van der Waals surface area contributed by atoms with Crippen molar-refractivity contribution in [1.82, 2.24) is 0 Å². The Labute approximate surface area is 542 Å². The number of rotatable bonds is 21. The normalized spacial score (nSPS) is 11.6. The van der Waals surface area contributed by atoms with Crippen molar-refractivity contribution < 1.29 is 56.7 Å². The summed E-state index contributed by atoms with van der Waals surface area (Å²) in [4.78, 5) is 90.2. The predicted octanol–water partition coefficient (Wildman–Crippen LogP) is 15.0. The fourth-order valence-electron chi connectivity index (χ4n) is 12.5. The Hall–Kier alpha value is -9.69. The van der Waals surface area contributed by atoms with Gasteiger partial charge in [0.05, 0.1) is 16.7 Å². The van der Waals surface area contributed by atoms with Gasteiger partial charge in [-0.15, -0.1) is 0 Å². The van der Waals surface area contributed by atoms with E-state index in [-0.39, 0.29) is 27.8 Å². The molecule has 10 aromatic rings. The summed E-state index contributed by atoms with van der Waals surface area (Å²) in [6, 6.07) is 60.7. The van der Waals surface area contributed by atoms with Crippen molar-refractivity contribution >= 4 is 87.7 Å². The van der Waals surface area contributed by atoms with Crippen LogP contribution in [0, 0.1) is 62.3 Å². The Kier molecular flexibility index (Phi) is 19.7. The minimum Gasteiger partial charge on any atom is -0.457 e. The number of hydrogen-bond acceptors (Lipinski definition) is 12. The van der Waals surface area contributed by atoms with E-state index in [1.165, 1.54) is 18.2 Å². The van der Waals surface area contributed by atoms with E-state index in [1.54, 1.807) is 263 Å². The predicted molar refractivity (Wildman–Crippen MR) is 368 cm³/mol. The van der Waals surface area contributed by atoms with Gasteiger partial charge in [-0.2, -0.15) is 0 Å². The van der Waals surface area contributed by atoms with Crippen LogP contribution in [0.3, 0.4) is 0 Å². The van der Waals surface area contributed by atoms with Crippen molar-refractivity contribution in [3.8, 4) is 0 Å². The first-order valence-electron chi connectivity index (χ1n) is 30.3. The van der Waals surface area contributed by atoms with Gasteiger partial charge in [-0.05, 0) is 141 Å². The smallest absolute Gasteiger partial charge is 0.340 e. The minimum atomic E-state index is -4.01. The average molecular weight is 1290 g/mol. The quantitative estimate of drug-likeness (QED) is 0.0378. The zero-order valence-corrected chi connectivity index (χ0v) is 55.8. The van der Waals surface area contributed by atoms with E-state index in [0.717, 1.165) is 0 Å². The highest BCUT2D eigenvalue weighted by molar-refractivity contribution is 7.94. The highest BCUT2D eigenvalue weighted by Gasteiger charge is 2.42. The molecule has 0 bridgehead atoms. The molecule has 0 N–H and O–H groups in total. The summed E-state index contributed by atoms with van der Waals surface area (Å²) in [5.74, 6) is -3.24. The average Bonchev–Trinajstić information content (AvgIpc) is 0.767. The van der Waals surface area contributed by atoms with Gasteiger partial charge in [0.1, 0.15) is 19.8 Å². The number of carbonyl (C=O) groups excluding carboxylic acids is 6. The molecule has 10 rings (SSSR count). The molecule has 0 atom stereocenters. The van der Waals surface area contributed by atoms with Crippen LogP contribution in [0.25, 0.3) is 0 Å². The molecule has 0 aliphatic rings. The van der Waals surface area contributed by atoms with E-state index in [1.807, 2.05) is 0 Å². The number of benzene rings is 10. The molecule has 0 radical (unpaired) electrons. The van der Waals surface area contributed by atoms with E-state index in [0.29, 0.717) is 98.6 Å². The fourth-order valence-corrected chi connectivity index (χ4v) is 20.4. The second-order valence-electron chi connectivity index (χ2n) is 23.2. The van der Waals surface area contributed by atoms with Crippen molar-refractivity contribution in [2.45, 2.75) is 82.1 Å². The summed E-state index contributed by atoms with van der Waals surface area (Å²) < 4.78 is 64.7. The molecule has 15 heteroatoms. The molecular formula is C78H69O12P3. The Morgan fingerprint density at radius 3 is 0.710 bits per heavy atom. The number of hydrogen-bond donors (Lipinski definition) is 0. The third-order valence-corrected chi connectivity index (χ3v) is 25.9. The molecule has 12 nitrogen and oxygen atoms in total. The first-order chi connectivity index (χ1) is 44.5. The first kappa shape index (κ1) is 66.2. The van der Waals surface area contributed by atoms with Gasteiger partial charge in [0.15, 0.2) is 0 Å². The molecule has 10 aromatic carbocycles. The van der Waals surface area contributed by atoms with E-state index < -0.39 is 81.3 Å². The maximum Gasteiger partial charge on any atom is 0.340 e. The van der Waals surface area contributed by atoms with Crippen LogP contribution in [-0.4, -0.2) is 34.5 Å². The Bertz CT molecular complexity index is 4410. The molecule has 0 aliphatic carbocycles. The summed E-state index contributed by atoms with van der Waals surface area (Å²) in [5, 5.41) is 2.08.